The summed E-state index contributed by atoms with van der Waals surface area (Å²) in [6.07, 6.45) is 4.58. The second-order valence-electron chi connectivity index (χ2n) is 6.04. The summed E-state index contributed by atoms with van der Waals surface area (Å²) in [5, 5.41) is 0.950. The standard InChI is InChI=1S/C19H19FN2S/c20-15-7-8-17-16(11-15)19(12-21-17)23-18-6-2-1-5-14(18)13-22-9-3-4-10-22/h1-2,5-8,11-12,21H,3-4,9-10,13H2. The molecule has 2 nitrogen and oxygen atoms in total. The molecule has 2 heterocycles. The normalized spacial score (nSPS) is 15.5. The van der Waals surface area contributed by atoms with Crippen LogP contribution in [0.5, 0.6) is 0 Å². The van der Waals surface area contributed by atoms with Gasteiger partial charge in [0.15, 0.2) is 0 Å². The zero-order valence-electron chi connectivity index (χ0n) is 12.9. The highest BCUT2D eigenvalue weighted by atomic mass is 32.2. The number of H-pyrrole nitrogens is 1. The minimum atomic E-state index is -0.190. The molecule has 1 aliphatic heterocycles. The fraction of sp³-hybridized carbons (Fsp3) is 0.263. The summed E-state index contributed by atoms with van der Waals surface area (Å²) in [7, 11) is 0. The summed E-state index contributed by atoms with van der Waals surface area (Å²) >= 11 is 1.72. The Kier molecular flexibility index (Phi) is 4.10. The average Bonchev–Trinajstić information content (AvgIpc) is 3.19. The van der Waals surface area contributed by atoms with Crippen LogP contribution in [0.25, 0.3) is 10.9 Å². The molecule has 1 aromatic heterocycles. The SMILES string of the molecule is Fc1ccc2[nH]cc(Sc3ccccc3CN3CCCC3)c2c1. The van der Waals surface area contributed by atoms with Crippen molar-refractivity contribution in [3.8, 4) is 0 Å². The van der Waals surface area contributed by atoms with Crippen LogP contribution in [0.1, 0.15) is 18.4 Å². The Hall–Kier alpha value is -1.78. The van der Waals surface area contributed by atoms with Gasteiger partial charge in [-0.15, -0.1) is 0 Å². The minimum absolute atomic E-state index is 0.190. The number of halogens is 1. The number of nitrogens with zero attached hydrogens (tertiary/aromatic N) is 1. The van der Waals surface area contributed by atoms with E-state index in [1.807, 2.05) is 6.20 Å². The molecule has 0 bridgehead atoms. The van der Waals surface area contributed by atoms with Crippen molar-refractivity contribution < 1.29 is 4.39 Å². The number of nitrogens with one attached hydrogen (secondary N) is 1. The Morgan fingerprint density at radius 1 is 1.04 bits per heavy atom. The maximum Gasteiger partial charge on any atom is 0.123 e. The van der Waals surface area contributed by atoms with Crippen LogP contribution >= 0.6 is 11.8 Å². The molecule has 0 unspecified atom stereocenters. The molecule has 1 N–H and O–H groups in total. The van der Waals surface area contributed by atoms with Crippen molar-refractivity contribution in [1.82, 2.24) is 9.88 Å². The number of benzene rings is 2. The van der Waals surface area contributed by atoms with E-state index in [1.165, 1.54) is 42.5 Å². The second kappa shape index (κ2) is 6.38. The highest BCUT2D eigenvalue weighted by Gasteiger charge is 2.15. The van der Waals surface area contributed by atoms with E-state index in [0.717, 1.165) is 22.3 Å². The van der Waals surface area contributed by atoms with Gasteiger partial charge in [-0.3, -0.25) is 4.90 Å². The highest BCUT2D eigenvalue weighted by molar-refractivity contribution is 7.99. The fourth-order valence-corrected chi connectivity index (χ4v) is 4.23. The van der Waals surface area contributed by atoms with E-state index >= 15 is 0 Å². The third kappa shape index (κ3) is 3.14. The summed E-state index contributed by atoms with van der Waals surface area (Å²) in [5.41, 5.74) is 2.33. The van der Waals surface area contributed by atoms with Crippen LogP contribution in [0.2, 0.25) is 0 Å². The monoisotopic (exact) mass is 326 g/mol. The molecule has 23 heavy (non-hydrogen) atoms. The van der Waals surface area contributed by atoms with Crippen molar-refractivity contribution >= 4 is 22.7 Å². The van der Waals surface area contributed by atoms with Gasteiger partial charge in [-0.2, -0.15) is 0 Å². The van der Waals surface area contributed by atoms with Gasteiger partial charge in [0.1, 0.15) is 5.82 Å². The molecule has 3 aromatic rings. The lowest BCUT2D eigenvalue weighted by atomic mass is 10.2. The minimum Gasteiger partial charge on any atom is -0.360 e. The van der Waals surface area contributed by atoms with E-state index in [4.69, 9.17) is 0 Å². The quantitative estimate of drug-likeness (QED) is 0.723. The van der Waals surface area contributed by atoms with Gasteiger partial charge in [0.2, 0.25) is 0 Å². The molecule has 1 aliphatic rings. The molecule has 0 spiro atoms. The first-order valence-corrected chi connectivity index (χ1v) is 8.86. The number of hydrogen-bond donors (Lipinski definition) is 1. The second-order valence-corrected chi connectivity index (χ2v) is 7.12. The molecule has 4 heteroatoms. The van der Waals surface area contributed by atoms with Gasteiger partial charge in [-0.05, 0) is 55.8 Å². The third-order valence-corrected chi connectivity index (χ3v) is 5.57. The fourth-order valence-electron chi connectivity index (χ4n) is 3.19. The van der Waals surface area contributed by atoms with Crippen LogP contribution in [0.4, 0.5) is 4.39 Å². The van der Waals surface area contributed by atoms with Crippen molar-refractivity contribution in [3.05, 3.63) is 60.0 Å². The molecular weight excluding hydrogens is 307 g/mol. The van der Waals surface area contributed by atoms with E-state index < -0.39 is 0 Å². The van der Waals surface area contributed by atoms with E-state index in [2.05, 4.69) is 34.1 Å². The van der Waals surface area contributed by atoms with E-state index in [9.17, 15) is 4.39 Å². The van der Waals surface area contributed by atoms with Crippen molar-refractivity contribution in [3.63, 3.8) is 0 Å². The molecule has 2 aromatic carbocycles. The maximum absolute atomic E-state index is 13.6. The van der Waals surface area contributed by atoms with Crippen molar-refractivity contribution in [2.75, 3.05) is 13.1 Å². The topological polar surface area (TPSA) is 19.0 Å². The Bertz CT molecular complexity index is 821. The van der Waals surface area contributed by atoms with Gasteiger partial charge in [0.05, 0.1) is 0 Å². The lowest BCUT2D eigenvalue weighted by molar-refractivity contribution is 0.329. The summed E-state index contributed by atoms with van der Waals surface area (Å²) in [6.45, 7) is 3.38. The molecule has 0 amide bonds. The van der Waals surface area contributed by atoms with E-state index in [-0.39, 0.29) is 5.82 Å². The maximum atomic E-state index is 13.6. The molecular formula is C19H19FN2S. The van der Waals surface area contributed by atoms with Gasteiger partial charge in [0.25, 0.3) is 0 Å². The molecule has 118 valence electrons. The first-order valence-electron chi connectivity index (χ1n) is 8.04. The Labute approximate surface area is 139 Å². The average molecular weight is 326 g/mol. The Morgan fingerprint density at radius 2 is 1.87 bits per heavy atom. The number of likely N-dealkylation sites (tertiary alicyclic amines) is 1. The number of hydrogen-bond acceptors (Lipinski definition) is 2. The lowest BCUT2D eigenvalue weighted by Crippen LogP contribution is -2.18. The first kappa shape index (κ1) is 14.8. The van der Waals surface area contributed by atoms with Crippen molar-refractivity contribution in [2.45, 2.75) is 29.2 Å². The zero-order chi connectivity index (χ0) is 15.6. The van der Waals surface area contributed by atoms with Gasteiger partial charge < -0.3 is 4.98 Å². The molecule has 0 atom stereocenters. The van der Waals surface area contributed by atoms with Crippen molar-refractivity contribution in [1.29, 1.82) is 0 Å². The largest absolute Gasteiger partial charge is 0.360 e. The first-order chi connectivity index (χ1) is 11.3. The zero-order valence-corrected chi connectivity index (χ0v) is 13.7. The lowest BCUT2D eigenvalue weighted by Gasteiger charge is -2.17. The summed E-state index contributed by atoms with van der Waals surface area (Å²) in [6, 6.07) is 13.4. The van der Waals surface area contributed by atoms with Gasteiger partial charge in [-0.25, -0.2) is 4.39 Å². The predicted molar refractivity (Wildman–Crippen MR) is 93.3 cm³/mol. The van der Waals surface area contributed by atoms with Gasteiger partial charge in [-0.1, -0.05) is 30.0 Å². The molecule has 1 fully saturated rings. The Balaban J connectivity index is 1.63. The van der Waals surface area contributed by atoms with Crippen LogP contribution < -0.4 is 0 Å². The van der Waals surface area contributed by atoms with Crippen LogP contribution in [0.15, 0.2) is 58.5 Å². The van der Waals surface area contributed by atoms with E-state index in [0.29, 0.717) is 0 Å². The van der Waals surface area contributed by atoms with Crippen LogP contribution in [0.3, 0.4) is 0 Å². The molecule has 4 rings (SSSR count). The number of rotatable bonds is 4. The van der Waals surface area contributed by atoms with E-state index in [1.54, 1.807) is 23.9 Å². The summed E-state index contributed by atoms with van der Waals surface area (Å²) < 4.78 is 13.6. The van der Waals surface area contributed by atoms with Crippen LogP contribution in [-0.4, -0.2) is 23.0 Å². The Morgan fingerprint density at radius 3 is 2.74 bits per heavy atom. The van der Waals surface area contributed by atoms with Crippen LogP contribution in [-0.2, 0) is 6.54 Å². The number of aromatic amines is 1. The van der Waals surface area contributed by atoms with Crippen LogP contribution in [0, 0.1) is 5.82 Å². The smallest absolute Gasteiger partial charge is 0.123 e. The summed E-state index contributed by atoms with van der Waals surface area (Å²) in [4.78, 5) is 8.07. The molecule has 0 radical (unpaired) electrons. The number of fused-ring (bicyclic) bond motifs is 1. The predicted octanol–water partition coefficient (Wildman–Crippen LogP) is 5.05. The van der Waals surface area contributed by atoms with Gasteiger partial charge >= 0.3 is 0 Å². The third-order valence-electron chi connectivity index (χ3n) is 4.39. The molecule has 0 aliphatic carbocycles. The number of aromatic nitrogens is 1. The van der Waals surface area contributed by atoms with Gasteiger partial charge in [0, 0.05) is 33.4 Å². The molecule has 1 saturated heterocycles. The van der Waals surface area contributed by atoms with Crippen molar-refractivity contribution in [2.24, 2.45) is 0 Å². The molecule has 0 saturated carbocycles. The highest BCUT2D eigenvalue weighted by Crippen LogP contribution is 2.36. The summed E-state index contributed by atoms with van der Waals surface area (Å²) in [5.74, 6) is -0.190.